The highest BCUT2D eigenvalue weighted by atomic mass is 16.5. The van der Waals surface area contributed by atoms with Gasteiger partial charge in [-0.15, -0.1) is 0 Å². The molecule has 0 N–H and O–H groups in total. The van der Waals surface area contributed by atoms with Crippen molar-refractivity contribution in [3.8, 4) is 16.9 Å². The van der Waals surface area contributed by atoms with Crippen molar-refractivity contribution in [3.63, 3.8) is 0 Å². The van der Waals surface area contributed by atoms with Crippen LogP contribution >= 0.6 is 0 Å². The number of fused-ring (bicyclic) bond motifs is 1. The number of esters is 1. The molecule has 0 radical (unpaired) electrons. The second-order valence-corrected chi connectivity index (χ2v) is 4.97. The van der Waals surface area contributed by atoms with E-state index in [0.29, 0.717) is 11.3 Å². The summed E-state index contributed by atoms with van der Waals surface area (Å²) in [5, 5.41) is 1.91. The molecule has 22 heavy (non-hydrogen) atoms. The second-order valence-electron chi connectivity index (χ2n) is 4.97. The van der Waals surface area contributed by atoms with Crippen LogP contribution in [0.15, 0.2) is 60.7 Å². The zero-order valence-corrected chi connectivity index (χ0v) is 12.5. The topological polar surface area (TPSA) is 35.5 Å². The fraction of sp³-hybridized carbons (Fsp3) is 0.105. The maximum absolute atomic E-state index is 11.7. The average Bonchev–Trinajstić information content (AvgIpc) is 2.60. The number of benzene rings is 3. The van der Waals surface area contributed by atoms with Crippen molar-refractivity contribution in [2.75, 3.05) is 14.2 Å². The van der Waals surface area contributed by atoms with Crippen molar-refractivity contribution in [2.24, 2.45) is 0 Å². The highest BCUT2D eigenvalue weighted by Crippen LogP contribution is 2.32. The molecule has 0 aliphatic carbocycles. The van der Waals surface area contributed by atoms with Gasteiger partial charge in [0, 0.05) is 5.39 Å². The van der Waals surface area contributed by atoms with E-state index >= 15 is 0 Å². The summed E-state index contributed by atoms with van der Waals surface area (Å²) in [5.74, 6) is 0.294. The predicted molar refractivity (Wildman–Crippen MR) is 87.3 cm³/mol. The lowest BCUT2D eigenvalue weighted by molar-refractivity contribution is 0.0600. The molecule has 3 heteroatoms. The molecule has 110 valence electrons. The minimum atomic E-state index is -0.368. The average molecular weight is 292 g/mol. The lowest BCUT2D eigenvalue weighted by Crippen LogP contribution is -2.01. The lowest BCUT2D eigenvalue weighted by atomic mass is 9.99. The van der Waals surface area contributed by atoms with Gasteiger partial charge in [0.05, 0.1) is 19.8 Å². The van der Waals surface area contributed by atoms with Gasteiger partial charge < -0.3 is 9.47 Å². The zero-order chi connectivity index (χ0) is 15.5. The molecule has 0 saturated heterocycles. The van der Waals surface area contributed by atoms with Gasteiger partial charge in [-0.2, -0.15) is 0 Å². The van der Waals surface area contributed by atoms with Crippen molar-refractivity contribution >= 4 is 16.7 Å². The van der Waals surface area contributed by atoms with E-state index in [4.69, 9.17) is 9.47 Å². The van der Waals surface area contributed by atoms with Crippen molar-refractivity contribution in [1.29, 1.82) is 0 Å². The van der Waals surface area contributed by atoms with Crippen LogP contribution in [-0.4, -0.2) is 20.2 Å². The summed E-state index contributed by atoms with van der Waals surface area (Å²) in [6.07, 6.45) is 0. The van der Waals surface area contributed by atoms with Crippen LogP contribution in [0.25, 0.3) is 21.9 Å². The molecule has 3 aromatic carbocycles. The SMILES string of the molecule is COC(=O)c1cc(OC)c2cc(-c3ccccc3)ccc2c1. The third-order valence-electron chi connectivity index (χ3n) is 3.66. The van der Waals surface area contributed by atoms with E-state index in [1.54, 1.807) is 13.2 Å². The molecule has 0 spiro atoms. The highest BCUT2D eigenvalue weighted by molar-refractivity contribution is 5.99. The first kappa shape index (κ1) is 14.1. The first-order valence-corrected chi connectivity index (χ1v) is 6.98. The Labute approximate surface area is 129 Å². The number of carbonyl (C=O) groups excluding carboxylic acids is 1. The molecule has 0 aliphatic heterocycles. The zero-order valence-electron chi connectivity index (χ0n) is 12.5. The molecule has 3 aromatic rings. The normalized spacial score (nSPS) is 10.5. The molecule has 0 atom stereocenters. The molecular weight excluding hydrogens is 276 g/mol. The second kappa shape index (κ2) is 5.90. The Balaban J connectivity index is 2.18. The fourth-order valence-electron chi connectivity index (χ4n) is 2.54. The van der Waals surface area contributed by atoms with Crippen LogP contribution in [0.1, 0.15) is 10.4 Å². The van der Waals surface area contributed by atoms with Gasteiger partial charge in [-0.1, -0.05) is 42.5 Å². The van der Waals surface area contributed by atoms with E-state index in [9.17, 15) is 4.79 Å². The smallest absolute Gasteiger partial charge is 0.338 e. The van der Waals surface area contributed by atoms with E-state index in [-0.39, 0.29) is 5.97 Å². The van der Waals surface area contributed by atoms with Crippen LogP contribution in [-0.2, 0) is 4.74 Å². The molecule has 0 amide bonds. The van der Waals surface area contributed by atoms with Crippen LogP contribution in [0, 0.1) is 0 Å². The van der Waals surface area contributed by atoms with E-state index in [1.807, 2.05) is 36.4 Å². The fourth-order valence-corrected chi connectivity index (χ4v) is 2.54. The molecule has 0 aromatic heterocycles. The van der Waals surface area contributed by atoms with Crippen molar-refractivity contribution < 1.29 is 14.3 Å². The van der Waals surface area contributed by atoms with Crippen LogP contribution in [0.5, 0.6) is 5.75 Å². The van der Waals surface area contributed by atoms with Gasteiger partial charge in [-0.25, -0.2) is 4.79 Å². The maximum Gasteiger partial charge on any atom is 0.338 e. The Morgan fingerprint density at radius 1 is 0.864 bits per heavy atom. The van der Waals surface area contributed by atoms with Crippen molar-refractivity contribution in [1.82, 2.24) is 0 Å². The molecule has 3 nitrogen and oxygen atoms in total. The summed E-state index contributed by atoms with van der Waals surface area (Å²) in [7, 11) is 2.97. The Morgan fingerprint density at radius 3 is 2.32 bits per heavy atom. The molecule has 3 rings (SSSR count). The Hall–Kier alpha value is -2.81. The van der Waals surface area contributed by atoms with Gasteiger partial charge >= 0.3 is 5.97 Å². The summed E-state index contributed by atoms with van der Waals surface area (Å²) < 4.78 is 10.2. The van der Waals surface area contributed by atoms with Gasteiger partial charge in [0.2, 0.25) is 0 Å². The van der Waals surface area contributed by atoms with Gasteiger partial charge in [0.25, 0.3) is 0 Å². The minimum absolute atomic E-state index is 0.368. The largest absolute Gasteiger partial charge is 0.496 e. The summed E-state index contributed by atoms with van der Waals surface area (Å²) >= 11 is 0. The third-order valence-corrected chi connectivity index (χ3v) is 3.66. The number of rotatable bonds is 3. The standard InChI is InChI=1S/C19H16O3/c1-21-18-12-16(19(20)22-2)10-15-9-8-14(11-17(15)18)13-6-4-3-5-7-13/h3-12H,1-2H3. The first-order chi connectivity index (χ1) is 10.7. The van der Waals surface area contributed by atoms with Crippen molar-refractivity contribution in [3.05, 3.63) is 66.2 Å². The quantitative estimate of drug-likeness (QED) is 0.675. The predicted octanol–water partition coefficient (Wildman–Crippen LogP) is 4.30. The molecule has 0 fully saturated rings. The molecule has 0 aliphatic rings. The number of methoxy groups -OCH3 is 2. The molecular formula is C19H16O3. The minimum Gasteiger partial charge on any atom is -0.496 e. The van der Waals surface area contributed by atoms with E-state index in [0.717, 1.165) is 21.9 Å². The first-order valence-electron chi connectivity index (χ1n) is 6.98. The van der Waals surface area contributed by atoms with Crippen LogP contribution < -0.4 is 4.74 Å². The lowest BCUT2D eigenvalue weighted by Gasteiger charge is -2.10. The van der Waals surface area contributed by atoms with Crippen LogP contribution in [0.3, 0.4) is 0 Å². The summed E-state index contributed by atoms with van der Waals surface area (Å²) in [6.45, 7) is 0. The molecule has 0 unspecified atom stereocenters. The molecule has 0 bridgehead atoms. The number of hydrogen-bond acceptors (Lipinski definition) is 3. The van der Waals surface area contributed by atoms with Crippen molar-refractivity contribution in [2.45, 2.75) is 0 Å². The van der Waals surface area contributed by atoms with Crippen LogP contribution in [0.2, 0.25) is 0 Å². The Bertz CT molecular complexity index is 823. The summed E-state index contributed by atoms with van der Waals surface area (Å²) in [5.41, 5.74) is 2.74. The van der Waals surface area contributed by atoms with E-state index < -0.39 is 0 Å². The van der Waals surface area contributed by atoms with E-state index in [2.05, 4.69) is 18.2 Å². The van der Waals surface area contributed by atoms with Crippen LogP contribution in [0.4, 0.5) is 0 Å². The molecule has 0 saturated carbocycles. The molecule has 0 heterocycles. The van der Waals surface area contributed by atoms with Gasteiger partial charge in [-0.05, 0) is 34.7 Å². The third kappa shape index (κ3) is 2.53. The van der Waals surface area contributed by atoms with E-state index in [1.165, 1.54) is 7.11 Å². The number of hydrogen-bond donors (Lipinski definition) is 0. The highest BCUT2D eigenvalue weighted by Gasteiger charge is 2.11. The monoisotopic (exact) mass is 292 g/mol. The summed E-state index contributed by atoms with van der Waals surface area (Å²) in [4.78, 5) is 11.7. The Morgan fingerprint density at radius 2 is 1.64 bits per heavy atom. The number of ether oxygens (including phenoxy) is 2. The Kier molecular flexibility index (Phi) is 3.79. The van der Waals surface area contributed by atoms with Gasteiger partial charge in [-0.3, -0.25) is 0 Å². The van der Waals surface area contributed by atoms with Gasteiger partial charge in [0.15, 0.2) is 0 Å². The summed E-state index contributed by atoms with van der Waals surface area (Å²) in [6, 6.07) is 19.8. The van der Waals surface area contributed by atoms with Gasteiger partial charge in [0.1, 0.15) is 5.75 Å². The maximum atomic E-state index is 11.7. The number of carbonyl (C=O) groups is 1.